The summed E-state index contributed by atoms with van der Waals surface area (Å²) in [6, 6.07) is 0. The van der Waals surface area contributed by atoms with Gasteiger partial charge in [0.25, 0.3) is 0 Å². The van der Waals surface area contributed by atoms with Gasteiger partial charge >= 0.3 is 0 Å². The molecule has 17 heavy (non-hydrogen) atoms. The monoisotopic (exact) mass is 233 g/mol. The lowest BCUT2D eigenvalue weighted by Crippen LogP contribution is -2.09. The first-order valence-electron chi connectivity index (χ1n) is 6.46. The van der Waals surface area contributed by atoms with E-state index in [2.05, 4.69) is 28.4 Å². The molecule has 1 aliphatic carbocycles. The fraction of sp³-hybridized carbons (Fsp3) is 0.615. The Balaban J connectivity index is 2.13. The molecule has 1 aliphatic rings. The van der Waals surface area contributed by atoms with Crippen LogP contribution in [0.3, 0.4) is 0 Å². The Morgan fingerprint density at radius 1 is 1.41 bits per heavy atom. The van der Waals surface area contributed by atoms with Gasteiger partial charge in [0, 0.05) is 0 Å². The van der Waals surface area contributed by atoms with E-state index >= 15 is 0 Å². The van der Waals surface area contributed by atoms with Crippen LogP contribution in [0.25, 0.3) is 0 Å². The number of rotatable bonds is 5. The lowest BCUT2D eigenvalue weighted by atomic mass is 9.94. The third-order valence-corrected chi connectivity index (χ3v) is 3.18. The summed E-state index contributed by atoms with van der Waals surface area (Å²) in [5, 5.41) is 10.7. The number of carbonyl (C=O) groups is 1. The van der Waals surface area contributed by atoms with Crippen LogP contribution in [0.5, 0.6) is 0 Å². The van der Waals surface area contributed by atoms with Crippen LogP contribution >= 0.6 is 0 Å². The minimum atomic E-state index is 0.0737. The average molecular weight is 233 g/mol. The summed E-state index contributed by atoms with van der Waals surface area (Å²) in [6.07, 6.45) is 9.25. The number of aromatic nitrogens is 3. The maximum absolute atomic E-state index is 12.3. The van der Waals surface area contributed by atoms with Crippen molar-refractivity contribution < 1.29 is 4.79 Å². The molecule has 0 spiro atoms. The molecule has 0 bridgehead atoms. The van der Waals surface area contributed by atoms with Crippen molar-refractivity contribution in [1.82, 2.24) is 15.4 Å². The van der Waals surface area contributed by atoms with Crippen molar-refractivity contribution >= 4 is 5.78 Å². The number of hydrogen-bond donors (Lipinski definition) is 1. The average Bonchev–Trinajstić information content (AvgIpc) is 2.84. The van der Waals surface area contributed by atoms with E-state index in [9.17, 15) is 4.79 Å². The third kappa shape index (κ3) is 2.81. The molecule has 4 heteroatoms. The second-order valence-corrected chi connectivity index (χ2v) is 4.53. The maximum atomic E-state index is 12.3. The molecule has 0 fully saturated rings. The van der Waals surface area contributed by atoms with E-state index in [0.717, 1.165) is 49.8 Å². The summed E-state index contributed by atoms with van der Waals surface area (Å²) >= 11 is 0. The van der Waals surface area contributed by atoms with Crippen molar-refractivity contribution in [3.8, 4) is 0 Å². The standard InChI is InChI=1S/C13H19N3O/c1-2-3-9-11-12(15-16-14-11)13(17)10-7-5-4-6-8-10/h7H,2-6,8-9H2,1H3,(H,14,15,16). The molecule has 0 radical (unpaired) electrons. The lowest BCUT2D eigenvalue weighted by molar-refractivity contribution is 0.102. The summed E-state index contributed by atoms with van der Waals surface area (Å²) in [7, 11) is 0. The van der Waals surface area contributed by atoms with Crippen LogP contribution in [0.1, 0.15) is 61.6 Å². The molecule has 92 valence electrons. The van der Waals surface area contributed by atoms with Crippen LogP contribution in [-0.2, 0) is 6.42 Å². The summed E-state index contributed by atoms with van der Waals surface area (Å²) in [5.41, 5.74) is 2.28. The van der Waals surface area contributed by atoms with Crippen LogP contribution in [0.4, 0.5) is 0 Å². The Morgan fingerprint density at radius 3 is 3.00 bits per heavy atom. The molecule has 1 N–H and O–H groups in total. The Kier molecular flexibility index (Phi) is 4.07. The highest BCUT2D eigenvalue weighted by atomic mass is 16.1. The van der Waals surface area contributed by atoms with Crippen molar-refractivity contribution in [3.05, 3.63) is 23.0 Å². The summed E-state index contributed by atoms with van der Waals surface area (Å²) in [6.45, 7) is 2.13. The summed E-state index contributed by atoms with van der Waals surface area (Å²) in [4.78, 5) is 12.3. The first-order chi connectivity index (χ1) is 8.33. The molecular formula is C13H19N3O. The van der Waals surface area contributed by atoms with E-state index < -0.39 is 0 Å². The summed E-state index contributed by atoms with van der Waals surface area (Å²) in [5.74, 6) is 0.0737. The zero-order valence-corrected chi connectivity index (χ0v) is 10.3. The topological polar surface area (TPSA) is 58.6 Å². The Hall–Kier alpha value is -1.45. The zero-order valence-electron chi connectivity index (χ0n) is 10.3. The van der Waals surface area contributed by atoms with E-state index in [1.165, 1.54) is 6.42 Å². The predicted octanol–water partition coefficient (Wildman–Crippen LogP) is 2.83. The minimum absolute atomic E-state index is 0.0737. The molecule has 0 aliphatic heterocycles. The van der Waals surface area contributed by atoms with Gasteiger partial charge in [0.1, 0.15) is 0 Å². The molecule has 0 saturated heterocycles. The fourth-order valence-electron chi connectivity index (χ4n) is 2.15. The van der Waals surface area contributed by atoms with E-state index in [4.69, 9.17) is 0 Å². The van der Waals surface area contributed by atoms with Crippen LogP contribution in [0.2, 0.25) is 0 Å². The largest absolute Gasteiger partial charge is 0.287 e. The van der Waals surface area contributed by atoms with E-state index in [0.29, 0.717) is 5.69 Å². The van der Waals surface area contributed by atoms with Crippen LogP contribution in [-0.4, -0.2) is 21.2 Å². The van der Waals surface area contributed by atoms with Gasteiger partial charge in [-0.2, -0.15) is 15.4 Å². The second-order valence-electron chi connectivity index (χ2n) is 4.53. The van der Waals surface area contributed by atoms with Gasteiger partial charge in [0.2, 0.25) is 5.78 Å². The quantitative estimate of drug-likeness (QED) is 0.795. The van der Waals surface area contributed by atoms with Crippen LogP contribution in [0, 0.1) is 0 Å². The zero-order chi connectivity index (χ0) is 12.1. The molecule has 0 aromatic carbocycles. The molecule has 1 aromatic heterocycles. The number of allylic oxidation sites excluding steroid dienone is 2. The van der Waals surface area contributed by atoms with Gasteiger partial charge in [-0.05, 0) is 44.1 Å². The molecule has 1 heterocycles. The fourth-order valence-corrected chi connectivity index (χ4v) is 2.15. The van der Waals surface area contributed by atoms with Gasteiger partial charge in [-0.1, -0.05) is 19.4 Å². The molecular weight excluding hydrogens is 214 g/mol. The van der Waals surface area contributed by atoms with Gasteiger partial charge in [-0.15, -0.1) is 0 Å². The number of unbranched alkanes of at least 4 members (excludes halogenated alkanes) is 1. The van der Waals surface area contributed by atoms with E-state index in [-0.39, 0.29) is 5.78 Å². The number of Topliss-reactive ketones (excluding diaryl/α,β-unsaturated/α-hetero) is 1. The normalized spacial score (nSPS) is 15.7. The Labute approximate surface area is 101 Å². The third-order valence-electron chi connectivity index (χ3n) is 3.18. The van der Waals surface area contributed by atoms with Crippen molar-refractivity contribution in [1.29, 1.82) is 0 Å². The highest BCUT2D eigenvalue weighted by molar-refractivity contribution is 6.08. The smallest absolute Gasteiger partial charge is 0.210 e. The van der Waals surface area contributed by atoms with E-state index in [1.54, 1.807) is 0 Å². The van der Waals surface area contributed by atoms with Crippen molar-refractivity contribution in [2.45, 2.75) is 51.9 Å². The van der Waals surface area contributed by atoms with Crippen LogP contribution < -0.4 is 0 Å². The molecule has 0 unspecified atom stereocenters. The first-order valence-corrected chi connectivity index (χ1v) is 6.46. The van der Waals surface area contributed by atoms with Crippen LogP contribution in [0.15, 0.2) is 11.6 Å². The molecule has 4 nitrogen and oxygen atoms in total. The maximum Gasteiger partial charge on any atom is 0.210 e. The van der Waals surface area contributed by atoms with Crippen molar-refractivity contribution in [2.75, 3.05) is 0 Å². The van der Waals surface area contributed by atoms with Gasteiger partial charge in [-0.3, -0.25) is 4.79 Å². The minimum Gasteiger partial charge on any atom is -0.287 e. The lowest BCUT2D eigenvalue weighted by Gasteiger charge is -2.10. The van der Waals surface area contributed by atoms with Crippen molar-refractivity contribution in [3.63, 3.8) is 0 Å². The number of nitrogens with zero attached hydrogens (tertiary/aromatic N) is 2. The number of carbonyl (C=O) groups excluding carboxylic acids is 1. The summed E-state index contributed by atoms with van der Waals surface area (Å²) < 4.78 is 0. The van der Waals surface area contributed by atoms with Gasteiger partial charge in [-0.25, -0.2) is 0 Å². The number of hydrogen-bond acceptors (Lipinski definition) is 3. The number of nitrogens with one attached hydrogen (secondary N) is 1. The van der Waals surface area contributed by atoms with E-state index in [1.807, 2.05) is 0 Å². The number of ketones is 1. The SMILES string of the molecule is CCCCc1n[nH]nc1C(=O)C1=CCCCC1. The molecule has 1 aromatic rings. The number of aromatic amines is 1. The van der Waals surface area contributed by atoms with Gasteiger partial charge in [0.05, 0.1) is 5.69 Å². The Morgan fingerprint density at radius 2 is 2.29 bits per heavy atom. The second kappa shape index (κ2) is 5.75. The molecule has 0 amide bonds. The first kappa shape index (κ1) is 12.0. The van der Waals surface area contributed by atoms with Crippen molar-refractivity contribution in [2.24, 2.45) is 0 Å². The highest BCUT2D eigenvalue weighted by Crippen LogP contribution is 2.21. The molecule has 0 saturated carbocycles. The number of H-pyrrole nitrogens is 1. The molecule has 0 atom stereocenters. The highest BCUT2D eigenvalue weighted by Gasteiger charge is 2.20. The Bertz CT molecular complexity index is 420. The van der Waals surface area contributed by atoms with Gasteiger partial charge in [0.15, 0.2) is 5.69 Å². The number of aryl methyl sites for hydroxylation is 1. The molecule has 2 rings (SSSR count). The predicted molar refractivity (Wildman–Crippen MR) is 65.9 cm³/mol. The van der Waals surface area contributed by atoms with Gasteiger partial charge < -0.3 is 0 Å².